The van der Waals surface area contributed by atoms with Crippen molar-refractivity contribution in [1.29, 1.82) is 0 Å². The number of halogens is 1. The molecule has 0 saturated carbocycles. The second-order valence-electron chi connectivity index (χ2n) is 2.55. The van der Waals surface area contributed by atoms with Gasteiger partial charge in [0.05, 0.1) is 22.4 Å². The van der Waals surface area contributed by atoms with Gasteiger partial charge in [-0.1, -0.05) is 11.6 Å². The Hall–Kier alpha value is -1.11. The van der Waals surface area contributed by atoms with Gasteiger partial charge in [-0.3, -0.25) is 4.21 Å². The highest BCUT2D eigenvalue weighted by atomic mass is 35.5. The predicted octanol–water partition coefficient (Wildman–Crippen LogP) is 1.19. The molecule has 0 saturated heterocycles. The second kappa shape index (κ2) is 3.56. The van der Waals surface area contributed by atoms with E-state index in [1.807, 2.05) is 0 Å². The molecule has 0 aliphatic carbocycles. The van der Waals surface area contributed by atoms with Crippen molar-refractivity contribution in [3.63, 3.8) is 0 Å². The van der Waals surface area contributed by atoms with Gasteiger partial charge < -0.3 is 9.27 Å². The fraction of sp³-hybridized carbons (Fsp3) is 0. The number of hydrogen-bond acceptors (Lipinski definition) is 3. The van der Waals surface area contributed by atoms with Crippen molar-refractivity contribution in [3.05, 3.63) is 29.5 Å². The monoisotopic (exact) mass is 230 g/mol. The van der Waals surface area contributed by atoms with Gasteiger partial charge in [0, 0.05) is 17.5 Å². The molecule has 0 aromatic carbocycles. The maximum atomic E-state index is 10.4. The van der Waals surface area contributed by atoms with Gasteiger partial charge in [-0.15, -0.1) is 0 Å². The molecule has 0 fully saturated rings. The zero-order valence-electron chi connectivity index (χ0n) is 6.81. The lowest BCUT2D eigenvalue weighted by molar-refractivity contribution is 0.542. The lowest BCUT2D eigenvalue weighted by Gasteiger charge is -2.10. The van der Waals surface area contributed by atoms with Crippen molar-refractivity contribution in [1.82, 2.24) is 9.61 Å². The van der Waals surface area contributed by atoms with Crippen LogP contribution in [-0.2, 0) is 11.3 Å². The van der Waals surface area contributed by atoms with Gasteiger partial charge in [0.25, 0.3) is 0 Å². The standard InChI is InChI=1S/C7H6ClN3O2S/c8-7-5(10-14(12)13)4-9-11-3-1-2-6(7)11/h1-4,10H,(H,12,13)/p-1. The average molecular weight is 231 g/mol. The molecule has 5 nitrogen and oxygen atoms in total. The van der Waals surface area contributed by atoms with Crippen molar-refractivity contribution in [2.75, 3.05) is 4.72 Å². The van der Waals surface area contributed by atoms with E-state index < -0.39 is 11.3 Å². The first kappa shape index (κ1) is 9.45. The third-order valence-electron chi connectivity index (χ3n) is 1.69. The molecule has 1 unspecified atom stereocenters. The Morgan fingerprint density at radius 2 is 2.43 bits per heavy atom. The van der Waals surface area contributed by atoms with E-state index in [-0.39, 0.29) is 5.69 Å². The Kier molecular flexibility index (Phi) is 2.40. The average Bonchev–Trinajstić information content (AvgIpc) is 2.57. The van der Waals surface area contributed by atoms with Crippen LogP contribution in [0.3, 0.4) is 0 Å². The maximum Gasteiger partial charge on any atom is 0.0919 e. The molecular formula is C7H5ClN3O2S-. The summed E-state index contributed by atoms with van der Waals surface area (Å²) < 4.78 is 24.5. The molecule has 2 aromatic heterocycles. The highest BCUT2D eigenvalue weighted by Crippen LogP contribution is 2.25. The lowest BCUT2D eigenvalue weighted by atomic mass is 10.4. The third kappa shape index (κ3) is 1.59. The Balaban J connectivity index is 2.56. The number of anilines is 1. The highest BCUT2D eigenvalue weighted by Gasteiger charge is 2.05. The first-order valence-electron chi connectivity index (χ1n) is 3.66. The number of aromatic nitrogens is 2. The Morgan fingerprint density at radius 1 is 1.64 bits per heavy atom. The predicted molar refractivity (Wildman–Crippen MR) is 52.7 cm³/mol. The number of fused-ring (bicyclic) bond motifs is 1. The molecule has 0 spiro atoms. The SMILES string of the molecule is O=S([O-])Nc1cnn2cccc2c1Cl. The van der Waals surface area contributed by atoms with Gasteiger partial charge in [-0.05, 0) is 12.1 Å². The lowest BCUT2D eigenvalue weighted by Crippen LogP contribution is -2.04. The van der Waals surface area contributed by atoms with Crippen molar-refractivity contribution >= 4 is 34.1 Å². The minimum absolute atomic E-state index is 0.270. The van der Waals surface area contributed by atoms with E-state index in [9.17, 15) is 8.76 Å². The summed E-state index contributed by atoms with van der Waals surface area (Å²) in [5.41, 5.74) is 0.924. The van der Waals surface area contributed by atoms with E-state index >= 15 is 0 Å². The van der Waals surface area contributed by atoms with Crippen LogP contribution in [0.2, 0.25) is 5.02 Å². The van der Waals surface area contributed by atoms with Crippen LogP contribution in [0.15, 0.2) is 24.5 Å². The van der Waals surface area contributed by atoms with Gasteiger partial charge in [-0.2, -0.15) is 5.10 Å². The van der Waals surface area contributed by atoms with E-state index in [1.54, 1.807) is 22.8 Å². The van der Waals surface area contributed by atoms with Crippen LogP contribution in [0.4, 0.5) is 5.69 Å². The van der Waals surface area contributed by atoms with Gasteiger partial charge in [-0.25, -0.2) is 4.52 Å². The van der Waals surface area contributed by atoms with E-state index in [4.69, 9.17) is 11.6 Å². The Morgan fingerprint density at radius 3 is 3.14 bits per heavy atom. The van der Waals surface area contributed by atoms with Gasteiger partial charge in [0.2, 0.25) is 0 Å². The molecule has 0 radical (unpaired) electrons. The Bertz CT molecular complexity index is 499. The summed E-state index contributed by atoms with van der Waals surface area (Å²) in [7, 11) is 0. The summed E-state index contributed by atoms with van der Waals surface area (Å²) in [6, 6.07) is 3.51. The molecule has 74 valence electrons. The van der Waals surface area contributed by atoms with Crippen LogP contribution in [0.25, 0.3) is 5.52 Å². The summed E-state index contributed by atoms with van der Waals surface area (Å²) in [5, 5.41) is 4.28. The summed E-state index contributed by atoms with van der Waals surface area (Å²) in [6.45, 7) is 0. The van der Waals surface area contributed by atoms with Crippen molar-refractivity contribution < 1.29 is 8.76 Å². The number of nitrogens with zero attached hydrogens (tertiary/aromatic N) is 2. The molecule has 2 heterocycles. The van der Waals surface area contributed by atoms with Gasteiger partial charge >= 0.3 is 0 Å². The Labute approximate surface area is 87.1 Å². The molecule has 0 bridgehead atoms. The second-order valence-corrected chi connectivity index (χ2v) is 3.60. The zero-order valence-corrected chi connectivity index (χ0v) is 8.38. The van der Waals surface area contributed by atoms with Crippen LogP contribution < -0.4 is 4.72 Å². The van der Waals surface area contributed by atoms with Crippen LogP contribution in [0.5, 0.6) is 0 Å². The normalized spacial score (nSPS) is 13.0. The largest absolute Gasteiger partial charge is 0.755 e. The molecule has 14 heavy (non-hydrogen) atoms. The minimum atomic E-state index is -2.39. The van der Waals surface area contributed by atoms with Crippen LogP contribution in [0, 0.1) is 0 Å². The van der Waals surface area contributed by atoms with Crippen LogP contribution in [0.1, 0.15) is 0 Å². The van der Waals surface area contributed by atoms with E-state index in [2.05, 4.69) is 9.82 Å². The molecule has 0 aliphatic heterocycles. The molecule has 2 aromatic rings. The summed E-state index contributed by atoms with van der Waals surface area (Å²) >= 11 is 3.54. The number of hydrogen-bond donors (Lipinski definition) is 1. The first-order valence-corrected chi connectivity index (χ1v) is 5.11. The van der Waals surface area contributed by atoms with Crippen molar-refractivity contribution in [2.45, 2.75) is 0 Å². The van der Waals surface area contributed by atoms with Crippen LogP contribution in [-0.4, -0.2) is 18.4 Å². The quantitative estimate of drug-likeness (QED) is 0.788. The van der Waals surface area contributed by atoms with Crippen molar-refractivity contribution in [2.24, 2.45) is 0 Å². The summed E-state index contributed by atoms with van der Waals surface area (Å²) in [5.74, 6) is 0. The fourth-order valence-electron chi connectivity index (χ4n) is 1.12. The summed E-state index contributed by atoms with van der Waals surface area (Å²) in [6.07, 6.45) is 3.07. The molecular weight excluding hydrogens is 226 g/mol. The number of nitrogens with one attached hydrogen (secondary N) is 1. The first-order chi connectivity index (χ1) is 6.68. The topological polar surface area (TPSA) is 69.5 Å². The van der Waals surface area contributed by atoms with Gasteiger partial charge in [0.15, 0.2) is 0 Å². The molecule has 1 N–H and O–H groups in total. The highest BCUT2D eigenvalue weighted by molar-refractivity contribution is 7.80. The molecule has 2 rings (SSSR count). The van der Waals surface area contributed by atoms with Crippen LogP contribution >= 0.6 is 11.6 Å². The number of rotatable bonds is 2. The fourth-order valence-corrected chi connectivity index (χ4v) is 1.76. The maximum absolute atomic E-state index is 10.4. The third-order valence-corrected chi connectivity index (χ3v) is 2.48. The molecule has 1 atom stereocenters. The summed E-state index contributed by atoms with van der Waals surface area (Å²) in [4.78, 5) is 0. The smallest absolute Gasteiger partial charge is 0.0919 e. The van der Waals surface area contributed by atoms with E-state index in [1.165, 1.54) is 6.20 Å². The molecule has 7 heteroatoms. The molecule has 0 aliphatic rings. The zero-order chi connectivity index (χ0) is 10.1. The molecule has 0 amide bonds. The van der Waals surface area contributed by atoms with Crippen molar-refractivity contribution in [3.8, 4) is 0 Å². The van der Waals surface area contributed by atoms with E-state index in [0.29, 0.717) is 10.5 Å². The minimum Gasteiger partial charge on any atom is -0.755 e. The van der Waals surface area contributed by atoms with E-state index in [0.717, 1.165) is 0 Å². The van der Waals surface area contributed by atoms with Gasteiger partial charge in [0.1, 0.15) is 0 Å².